The predicted molar refractivity (Wildman–Crippen MR) is 83.4 cm³/mol. The van der Waals surface area contributed by atoms with Crippen LogP contribution in [-0.4, -0.2) is 30.3 Å². The van der Waals surface area contributed by atoms with Crippen LogP contribution >= 0.6 is 11.3 Å². The Bertz CT molecular complexity index is 462. The van der Waals surface area contributed by atoms with E-state index in [9.17, 15) is 0 Å². The van der Waals surface area contributed by atoms with E-state index >= 15 is 0 Å². The zero-order valence-corrected chi connectivity index (χ0v) is 13.3. The van der Waals surface area contributed by atoms with E-state index in [0.29, 0.717) is 24.6 Å². The average molecular weight is 295 g/mol. The molecular weight excluding hydrogens is 270 g/mol. The van der Waals surface area contributed by atoms with Gasteiger partial charge in [0.15, 0.2) is 5.13 Å². The fraction of sp³-hybridized carbons (Fsp3) is 0.800. The molecule has 2 N–H and O–H groups in total. The molecule has 5 heteroatoms. The molecule has 2 fully saturated rings. The summed E-state index contributed by atoms with van der Waals surface area (Å²) >= 11 is 1.79. The largest absolute Gasteiger partial charge is 0.374 e. The van der Waals surface area contributed by atoms with Gasteiger partial charge in [-0.3, -0.25) is 0 Å². The molecule has 2 heterocycles. The summed E-state index contributed by atoms with van der Waals surface area (Å²) in [5.41, 5.74) is 7.14. The molecule has 0 radical (unpaired) electrons. The third-order valence-electron chi connectivity index (χ3n) is 4.71. The van der Waals surface area contributed by atoms with Crippen LogP contribution in [0.15, 0.2) is 0 Å². The van der Waals surface area contributed by atoms with Crippen molar-refractivity contribution in [3.8, 4) is 0 Å². The number of morpholine rings is 1. The van der Waals surface area contributed by atoms with Gasteiger partial charge in [-0.05, 0) is 31.6 Å². The minimum absolute atomic E-state index is 0.418. The molecular formula is C15H25N3OS. The molecule has 0 bridgehead atoms. The summed E-state index contributed by atoms with van der Waals surface area (Å²) < 4.78 is 5.90. The molecule has 1 saturated heterocycles. The monoisotopic (exact) mass is 295 g/mol. The van der Waals surface area contributed by atoms with Gasteiger partial charge in [0.2, 0.25) is 0 Å². The van der Waals surface area contributed by atoms with E-state index in [1.54, 1.807) is 11.3 Å². The van der Waals surface area contributed by atoms with Crippen LogP contribution < -0.4 is 10.6 Å². The molecule has 2 aliphatic rings. The smallest absolute Gasteiger partial charge is 0.186 e. The first-order valence-corrected chi connectivity index (χ1v) is 8.64. The molecule has 0 amide bonds. The highest BCUT2D eigenvalue weighted by Gasteiger charge is 2.37. The van der Waals surface area contributed by atoms with Crippen LogP contribution in [0.3, 0.4) is 0 Å². The number of rotatable bonds is 4. The van der Waals surface area contributed by atoms with Crippen LogP contribution in [0, 0.1) is 0 Å². The van der Waals surface area contributed by atoms with Crippen molar-refractivity contribution in [1.29, 1.82) is 0 Å². The average Bonchev–Trinajstić information content (AvgIpc) is 3.12. The molecule has 3 unspecified atom stereocenters. The summed E-state index contributed by atoms with van der Waals surface area (Å²) in [6, 6.07) is 0.533. The van der Waals surface area contributed by atoms with Crippen LogP contribution in [-0.2, 0) is 11.3 Å². The van der Waals surface area contributed by atoms with E-state index < -0.39 is 0 Å². The molecule has 3 rings (SSSR count). The van der Waals surface area contributed by atoms with E-state index in [-0.39, 0.29) is 0 Å². The van der Waals surface area contributed by atoms with Crippen LogP contribution in [0.4, 0.5) is 5.13 Å². The molecule has 20 heavy (non-hydrogen) atoms. The lowest BCUT2D eigenvalue weighted by Crippen LogP contribution is -2.48. The van der Waals surface area contributed by atoms with Gasteiger partial charge in [-0.2, -0.15) is 0 Å². The van der Waals surface area contributed by atoms with E-state index in [2.05, 4.69) is 18.7 Å². The summed E-state index contributed by atoms with van der Waals surface area (Å²) in [7, 11) is 0. The third-order valence-corrected chi connectivity index (χ3v) is 5.84. The number of hydrogen-bond acceptors (Lipinski definition) is 5. The van der Waals surface area contributed by atoms with Gasteiger partial charge in [-0.1, -0.05) is 13.8 Å². The Morgan fingerprint density at radius 3 is 3.10 bits per heavy atom. The second-order valence-corrected chi connectivity index (χ2v) is 6.98. The lowest BCUT2D eigenvalue weighted by atomic mass is 10.0. The Morgan fingerprint density at radius 1 is 1.50 bits per heavy atom. The predicted octanol–water partition coefficient (Wildman–Crippen LogP) is 2.87. The second kappa shape index (κ2) is 6.00. The van der Waals surface area contributed by atoms with Crippen LogP contribution in [0.2, 0.25) is 0 Å². The Hall–Kier alpha value is -0.650. The molecule has 1 saturated carbocycles. The summed E-state index contributed by atoms with van der Waals surface area (Å²) in [5.74, 6) is 0.499. The van der Waals surface area contributed by atoms with Gasteiger partial charge in [0, 0.05) is 18.0 Å². The summed E-state index contributed by atoms with van der Waals surface area (Å²) in [6.07, 6.45) is 5.25. The summed E-state index contributed by atoms with van der Waals surface area (Å²) in [5, 5.41) is 1.17. The van der Waals surface area contributed by atoms with Crippen molar-refractivity contribution in [2.24, 2.45) is 5.73 Å². The maximum absolute atomic E-state index is 5.92. The van der Waals surface area contributed by atoms with Gasteiger partial charge in [-0.25, -0.2) is 4.98 Å². The highest BCUT2D eigenvalue weighted by molar-refractivity contribution is 7.15. The van der Waals surface area contributed by atoms with Gasteiger partial charge in [0.1, 0.15) is 0 Å². The van der Waals surface area contributed by atoms with Crippen LogP contribution in [0.5, 0.6) is 0 Å². The molecule has 0 aromatic carbocycles. The Balaban J connectivity index is 1.87. The maximum atomic E-state index is 5.92. The summed E-state index contributed by atoms with van der Waals surface area (Å²) in [4.78, 5) is 8.69. The summed E-state index contributed by atoms with van der Waals surface area (Å²) in [6.45, 7) is 6.87. The number of nitrogens with two attached hydrogens (primary N) is 1. The minimum Gasteiger partial charge on any atom is -0.374 e. The first kappa shape index (κ1) is 14.3. The third kappa shape index (κ3) is 2.47. The highest BCUT2D eigenvalue weighted by Crippen LogP contribution is 2.37. The van der Waals surface area contributed by atoms with Gasteiger partial charge >= 0.3 is 0 Å². The molecule has 1 aliphatic carbocycles. The first-order valence-electron chi connectivity index (χ1n) is 7.82. The highest BCUT2D eigenvalue weighted by atomic mass is 32.1. The molecule has 112 valence electrons. The quantitative estimate of drug-likeness (QED) is 0.928. The fourth-order valence-corrected chi connectivity index (χ4v) is 4.50. The molecule has 0 spiro atoms. The first-order chi connectivity index (χ1) is 9.74. The number of nitrogens with zero attached hydrogens (tertiary/aromatic N) is 2. The lowest BCUT2D eigenvalue weighted by Gasteiger charge is -2.37. The van der Waals surface area contributed by atoms with Crippen molar-refractivity contribution >= 4 is 16.5 Å². The topological polar surface area (TPSA) is 51.4 Å². The molecule has 4 nitrogen and oxygen atoms in total. The standard InChI is InChI=1S/C15H25N3OS/c1-3-10(2)14-13(9-16)20-15(17-14)18-7-8-19-12-6-4-5-11(12)18/h10-12H,3-9,16H2,1-2H3. The van der Waals surface area contributed by atoms with Gasteiger partial charge in [0.05, 0.1) is 24.4 Å². The lowest BCUT2D eigenvalue weighted by molar-refractivity contribution is 0.0256. The number of fused-ring (bicyclic) bond motifs is 1. The zero-order valence-electron chi connectivity index (χ0n) is 12.5. The van der Waals surface area contributed by atoms with Crippen molar-refractivity contribution in [2.75, 3.05) is 18.1 Å². The molecule has 1 aromatic rings. The maximum Gasteiger partial charge on any atom is 0.186 e. The van der Waals surface area contributed by atoms with Crippen molar-refractivity contribution in [1.82, 2.24) is 4.98 Å². The van der Waals surface area contributed by atoms with Crippen LogP contribution in [0.1, 0.15) is 56.0 Å². The van der Waals surface area contributed by atoms with Crippen molar-refractivity contribution in [3.63, 3.8) is 0 Å². The van der Waals surface area contributed by atoms with Crippen molar-refractivity contribution in [3.05, 3.63) is 10.6 Å². The number of ether oxygens (including phenoxy) is 1. The second-order valence-electron chi connectivity index (χ2n) is 5.92. The van der Waals surface area contributed by atoms with E-state index in [4.69, 9.17) is 15.5 Å². The Morgan fingerprint density at radius 2 is 2.35 bits per heavy atom. The number of thiazole rings is 1. The van der Waals surface area contributed by atoms with Crippen LogP contribution in [0.25, 0.3) is 0 Å². The van der Waals surface area contributed by atoms with E-state index in [1.807, 2.05) is 0 Å². The van der Waals surface area contributed by atoms with Crippen molar-refractivity contribution < 1.29 is 4.74 Å². The normalized spacial score (nSPS) is 27.6. The molecule has 1 aliphatic heterocycles. The number of anilines is 1. The van der Waals surface area contributed by atoms with Gasteiger partial charge < -0.3 is 15.4 Å². The van der Waals surface area contributed by atoms with Gasteiger partial charge in [-0.15, -0.1) is 11.3 Å². The zero-order chi connectivity index (χ0) is 14.1. The fourth-order valence-electron chi connectivity index (χ4n) is 3.36. The minimum atomic E-state index is 0.418. The SMILES string of the molecule is CCC(C)c1nc(N2CCOC3CCCC32)sc1CN. The van der Waals surface area contributed by atoms with E-state index in [0.717, 1.165) is 19.6 Å². The van der Waals surface area contributed by atoms with Gasteiger partial charge in [0.25, 0.3) is 0 Å². The molecule has 1 aromatic heterocycles. The Labute approximate surface area is 125 Å². The number of aromatic nitrogens is 1. The number of hydrogen-bond donors (Lipinski definition) is 1. The van der Waals surface area contributed by atoms with E-state index in [1.165, 1.54) is 35.0 Å². The molecule has 3 atom stereocenters. The Kier molecular flexibility index (Phi) is 4.29. The van der Waals surface area contributed by atoms with Crippen molar-refractivity contribution in [2.45, 2.75) is 64.1 Å².